The van der Waals surface area contributed by atoms with Crippen molar-refractivity contribution in [2.24, 2.45) is 0 Å². The molecule has 0 N–H and O–H groups in total. The van der Waals surface area contributed by atoms with Crippen molar-refractivity contribution in [2.75, 3.05) is 20.7 Å². The molecule has 0 aliphatic rings. The van der Waals surface area contributed by atoms with E-state index in [2.05, 4.69) is 11.7 Å². The summed E-state index contributed by atoms with van der Waals surface area (Å²) in [7, 11) is 3.13. The monoisotopic (exact) mass is 291 g/mol. The Morgan fingerprint density at radius 3 is 2.38 bits per heavy atom. The number of carbonyl (C=O) groups is 2. The Hall–Kier alpha value is -1.84. The third-order valence-electron chi connectivity index (χ3n) is 3.47. The van der Waals surface area contributed by atoms with Gasteiger partial charge in [0.1, 0.15) is 0 Å². The number of methoxy groups -OCH3 is 1. The van der Waals surface area contributed by atoms with Crippen molar-refractivity contribution in [3.8, 4) is 0 Å². The molecule has 0 fully saturated rings. The fourth-order valence-corrected chi connectivity index (χ4v) is 2.08. The molecule has 0 bridgehead atoms. The molecular weight excluding hydrogens is 266 g/mol. The van der Waals surface area contributed by atoms with Gasteiger partial charge >= 0.3 is 5.97 Å². The lowest BCUT2D eigenvalue weighted by Gasteiger charge is -2.17. The van der Waals surface area contributed by atoms with Crippen LogP contribution in [0.4, 0.5) is 0 Å². The zero-order valence-electron chi connectivity index (χ0n) is 13.2. The highest BCUT2D eigenvalue weighted by atomic mass is 16.5. The van der Waals surface area contributed by atoms with Crippen LogP contribution in [0.25, 0.3) is 0 Å². The van der Waals surface area contributed by atoms with Crippen LogP contribution in [0.1, 0.15) is 48.5 Å². The normalized spacial score (nSPS) is 10.2. The van der Waals surface area contributed by atoms with E-state index in [4.69, 9.17) is 0 Å². The first kappa shape index (κ1) is 17.2. The van der Waals surface area contributed by atoms with E-state index < -0.39 is 0 Å². The number of nitrogens with zero attached hydrogens (tertiary/aromatic N) is 1. The average Bonchev–Trinajstić information content (AvgIpc) is 2.52. The molecule has 1 rings (SSSR count). The SMILES string of the molecule is CCCCc1ccc(C(=O)N(C)CCCC(=O)OC)cc1. The van der Waals surface area contributed by atoms with Gasteiger partial charge in [0.05, 0.1) is 7.11 Å². The van der Waals surface area contributed by atoms with Crippen LogP contribution in [-0.2, 0) is 16.0 Å². The zero-order valence-corrected chi connectivity index (χ0v) is 13.2. The molecule has 1 aromatic carbocycles. The van der Waals surface area contributed by atoms with Crippen LogP contribution >= 0.6 is 0 Å². The summed E-state index contributed by atoms with van der Waals surface area (Å²) in [5, 5.41) is 0. The Bertz CT molecular complexity index is 454. The third-order valence-corrected chi connectivity index (χ3v) is 3.47. The Labute approximate surface area is 127 Å². The quantitative estimate of drug-likeness (QED) is 0.692. The number of esters is 1. The van der Waals surface area contributed by atoms with Crippen LogP contribution in [0.5, 0.6) is 0 Å². The average molecular weight is 291 g/mol. The summed E-state index contributed by atoms with van der Waals surface area (Å²) < 4.78 is 4.58. The molecule has 4 nitrogen and oxygen atoms in total. The van der Waals surface area contributed by atoms with E-state index in [0.29, 0.717) is 24.9 Å². The molecule has 0 heterocycles. The van der Waals surface area contributed by atoms with Gasteiger partial charge in [-0.3, -0.25) is 9.59 Å². The fourth-order valence-electron chi connectivity index (χ4n) is 2.08. The third kappa shape index (κ3) is 5.98. The minimum absolute atomic E-state index is 0.0121. The highest BCUT2D eigenvalue weighted by Crippen LogP contribution is 2.10. The van der Waals surface area contributed by atoms with Crippen molar-refractivity contribution >= 4 is 11.9 Å². The lowest BCUT2D eigenvalue weighted by molar-refractivity contribution is -0.140. The number of hydrogen-bond acceptors (Lipinski definition) is 3. The van der Waals surface area contributed by atoms with Gasteiger partial charge in [-0.25, -0.2) is 0 Å². The Morgan fingerprint density at radius 2 is 1.81 bits per heavy atom. The van der Waals surface area contributed by atoms with Gasteiger partial charge in [-0.2, -0.15) is 0 Å². The smallest absolute Gasteiger partial charge is 0.305 e. The van der Waals surface area contributed by atoms with Gasteiger partial charge in [-0.1, -0.05) is 25.5 Å². The van der Waals surface area contributed by atoms with Crippen molar-refractivity contribution in [3.63, 3.8) is 0 Å². The van der Waals surface area contributed by atoms with E-state index >= 15 is 0 Å². The maximum absolute atomic E-state index is 12.2. The van der Waals surface area contributed by atoms with Gasteiger partial charge in [0.25, 0.3) is 5.91 Å². The van der Waals surface area contributed by atoms with Crippen LogP contribution in [0.3, 0.4) is 0 Å². The molecule has 21 heavy (non-hydrogen) atoms. The van der Waals surface area contributed by atoms with E-state index in [-0.39, 0.29) is 11.9 Å². The summed E-state index contributed by atoms with van der Waals surface area (Å²) >= 11 is 0. The number of hydrogen-bond donors (Lipinski definition) is 0. The van der Waals surface area contributed by atoms with Gasteiger partial charge in [-0.15, -0.1) is 0 Å². The second-order valence-electron chi connectivity index (χ2n) is 5.21. The number of benzene rings is 1. The molecule has 0 aliphatic carbocycles. The number of amides is 1. The predicted octanol–water partition coefficient (Wildman–Crippen LogP) is 3.05. The molecule has 0 saturated carbocycles. The summed E-state index contributed by atoms with van der Waals surface area (Å²) in [6, 6.07) is 7.80. The first-order valence-corrected chi connectivity index (χ1v) is 7.49. The molecule has 0 aromatic heterocycles. The lowest BCUT2D eigenvalue weighted by Crippen LogP contribution is -2.28. The van der Waals surface area contributed by atoms with E-state index in [1.54, 1.807) is 11.9 Å². The molecule has 0 saturated heterocycles. The molecule has 0 spiro atoms. The molecule has 116 valence electrons. The number of carbonyl (C=O) groups excluding carboxylic acids is 2. The van der Waals surface area contributed by atoms with Crippen molar-refractivity contribution in [1.82, 2.24) is 4.90 Å². The molecule has 0 radical (unpaired) electrons. The zero-order chi connectivity index (χ0) is 15.7. The molecule has 1 amide bonds. The van der Waals surface area contributed by atoms with Gasteiger partial charge in [0.2, 0.25) is 0 Å². The van der Waals surface area contributed by atoms with Crippen molar-refractivity contribution in [2.45, 2.75) is 39.0 Å². The number of rotatable bonds is 8. The summed E-state index contributed by atoms with van der Waals surface area (Å²) in [6.07, 6.45) is 4.35. The van der Waals surface area contributed by atoms with E-state index in [1.807, 2.05) is 24.3 Å². The van der Waals surface area contributed by atoms with E-state index in [9.17, 15) is 9.59 Å². The minimum Gasteiger partial charge on any atom is -0.469 e. The molecule has 4 heteroatoms. The van der Waals surface area contributed by atoms with Gasteiger partial charge < -0.3 is 9.64 Å². The lowest BCUT2D eigenvalue weighted by atomic mass is 10.1. The Morgan fingerprint density at radius 1 is 1.14 bits per heavy atom. The number of ether oxygens (including phenoxy) is 1. The fraction of sp³-hybridized carbons (Fsp3) is 0.529. The van der Waals surface area contributed by atoms with Crippen LogP contribution < -0.4 is 0 Å². The van der Waals surface area contributed by atoms with Crippen LogP contribution in [0.15, 0.2) is 24.3 Å². The van der Waals surface area contributed by atoms with E-state index in [0.717, 1.165) is 6.42 Å². The molecular formula is C17H25NO3. The summed E-state index contributed by atoms with van der Waals surface area (Å²) in [6.45, 7) is 2.71. The Kier molecular flexibility index (Phi) is 7.51. The van der Waals surface area contributed by atoms with Crippen LogP contribution in [0, 0.1) is 0 Å². The number of aryl methyl sites for hydroxylation is 1. The largest absolute Gasteiger partial charge is 0.469 e. The maximum atomic E-state index is 12.2. The van der Waals surface area contributed by atoms with E-state index in [1.165, 1.54) is 25.5 Å². The van der Waals surface area contributed by atoms with Crippen molar-refractivity contribution < 1.29 is 14.3 Å². The molecule has 1 aromatic rings. The van der Waals surface area contributed by atoms with Crippen molar-refractivity contribution in [1.29, 1.82) is 0 Å². The van der Waals surface area contributed by atoms with Crippen LogP contribution in [-0.4, -0.2) is 37.5 Å². The summed E-state index contributed by atoms with van der Waals surface area (Å²) in [4.78, 5) is 24.9. The van der Waals surface area contributed by atoms with Gasteiger partial charge in [0, 0.05) is 25.6 Å². The highest BCUT2D eigenvalue weighted by molar-refractivity contribution is 5.94. The topological polar surface area (TPSA) is 46.6 Å². The maximum Gasteiger partial charge on any atom is 0.305 e. The van der Waals surface area contributed by atoms with Gasteiger partial charge in [0.15, 0.2) is 0 Å². The molecule has 0 unspecified atom stereocenters. The summed E-state index contributed by atoms with van der Waals surface area (Å²) in [5.74, 6) is -0.252. The van der Waals surface area contributed by atoms with Gasteiger partial charge in [-0.05, 0) is 37.0 Å². The molecule has 0 atom stereocenters. The standard InChI is InChI=1S/C17H25NO3/c1-4-5-7-14-9-11-15(12-10-14)17(20)18(2)13-6-8-16(19)21-3/h9-12H,4-8,13H2,1-3H3. The number of unbranched alkanes of at least 4 members (excludes halogenated alkanes) is 1. The highest BCUT2D eigenvalue weighted by Gasteiger charge is 2.12. The second-order valence-corrected chi connectivity index (χ2v) is 5.21. The molecule has 0 aliphatic heterocycles. The first-order valence-electron chi connectivity index (χ1n) is 7.49. The first-order chi connectivity index (χ1) is 10.1. The second kappa shape index (κ2) is 9.16. The Balaban J connectivity index is 2.47. The predicted molar refractivity (Wildman–Crippen MR) is 83.3 cm³/mol. The van der Waals surface area contributed by atoms with Crippen LogP contribution in [0.2, 0.25) is 0 Å². The van der Waals surface area contributed by atoms with Crippen molar-refractivity contribution in [3.05, 3.63) is 35.4 Å². The minimum atomic E-state index is -0.240. The summed E-state index contributed by atoms with van der Waals surface area (Å²) in [5.41, 5.74) is 1.96.